The third-order valence-corrected chi connectivity index (χ3v) is 5.42. The Bertz CT molecular complexity index is 341. The third kappa shape index (κ3) is 3.91. The Hall–Kier alpha value is -0.170. The highest BCUT2D eigenvalue weighted by molar-refractivity contribution is 7.90. The van der Waals surface area contributed by atoms with Gasteiger partial charge < -0.3 is 4.74 Å². The van der Waals surface area contributed by atoms with Crippen LogP contribution in [0.25, 0.3) is 0 Å². The van der Waals surface area contributed by atoms with Gasteiger partial charge in [-0.3, -0.25) is 4.90 Å². The van der Waals surface area contributed by atoms with Crippen molar-refractivity contribution in [1.29, 1.82) is 0 Å². The smallest absolute Gasteiger partial charge is 0.214 e. The van der Waals surface area contributed by atoms with Gasteiger partial charge in [-0.05, 0) is 32.2 Å². The SMILES string of the molecule is COCCN1CCCC(NS(=O)(=O)C2CC2)C1. The topological polar surface area (TPSA) is 58.6 Å². The van der Waals surface area contributed by atoms with Crippen molar-refractivity contribution in [3.05, 3.63) is 0 Å². The van der Waals surface area contributed by atoms with Crippen molar-refractivity contribution in [2.45, 2.75) is 37.0 Å². The molecule has 0 bridgehead atoms. The Kier molecular flexibility index (Phi) is 4.41. The number of ether oxygens (including phenoxy) is 1. The first kappa shape index (κ1) is 13.3. The first-order valence-corrected chi connectivity index (χ1v) is 7.89. The second kappa shape index (κ2) is 5.65. The van der Waals surface area contributed by atoms with Crippen molar-refractivity contribution in [3.8, 4) is 0 Å². The lowest BCUT2D eigenvalue weighted by atomic mass is 10.1. The number of nitrogens with zero attached hydrogens (tertiary/aromatic N) is 1. The summed E-state index contributed by atoms with van der Waals surface area (Å²) < 4.78 is 31.6. The monoisotopic (exact) mass is 262 g/mol. The highest BCUT2D eigenvalue weighted by Crippen LogP contribution is 2.28. The molecular weight excluding hydrogens is 240 g/mol. The molecule has 1 unspecified atom stereocenters. The average Bonchev–Trinajstić information content (AvgIpc) is 3.10. The second-order valence-electron chi connectivity index (χ2n) is 4.99. The first-order valence-electron chi connectivity index (χ1n) is 6.34. The largest absolute Gasteiger partial charge is 0.383 e. The van der Waals surface area contributed by atoms with Gasteiger partial charge in [0, 0.05) is 26.2 Å². The number of likely N-dealkylation sites (tertiary alicyclic amines) is 1. The molecule has 1 saturated carbocycles. The maximum Gasteiger partial charge on any atom is 0.214 e. The van der Waals surface area contributed by atoms with Crippen LogP contribution in [-0.2, 0) is 14.8 Å². The molecule has 1 saturated heterocycles. The van der Waals surface area contributed by atoms with Gasteiger partial charge in [-0.15, -0.1) is 0 Å². The van der Waals surface area contributed by atoms with Crippen LogP contribution in [0.1, 0.15) is 25.7 Å². The number of methoxy groups -OCH3 is 1. The number of piperidine rings is 1. The van der Waals surface area contributed by atoms with Crippen LogP contribution in [0.5, 0.6) is 0 Å². The quantitative estimate of drug-likeness (QED) is 0.742. The predicted octanol–water partition coefficient (Wildman–Crippen LogP) is 0.179. The van der Waals surface area contributed by atoms with Crippen molar-refractivity contribution >= 4 is 10.0 Å². The molecule has 0 aromatic carbocycles. The summed E-state index contributed by atoms with van der Waals surface area (Å²) in [4.78, 5) is 2.27. The highest BCUT2D eigenvalue weighted by atomic mass is 32.2. The zero-order chi connectivity index (χ0) is 12.3. The Balaban J connectivity index is 1.80. The van der Waals surface area contributed by atoms with Crippen LogP contribution in [0.3, 0.4) is 0 Å². The van der Waals surface area contributed by atoms with Crippen LogP contribution in [0.2, 0.25) is 0 Å². The lowest BCUT2D eigenvalue weighted by Gasteiger charge is -2.32. The van der Waals surface area contributed by atoms with Crippen LogP contribution in [0.4, 0.5) is 0 Å². The lowest BCUT2D eigenvalue weighted by molar-refractivity contribution is 0.126. The van der Waals surface area contributed by atoms with E-state index in [1.165, 1.54) is 0 Å². The molecule has 2 rings (SSSR count). The zero-order valence-electron chi connectivity index (χ0n) is 10.4. The Morgan fingerprint density at radius 3 is 2.76 bits per heavy atom. The number of nitrogens with one attached hydrogen (secondary N) is 1. The van der Waals surface area contributed by atoms with Crippen molar-refractivity contribution in [2.75, 3.05) is 33.4 Å². The number of sulfonamides is 1. The normalized spacial score (nSPS) is 27.2. The van der Waals surface area contributed by atoms with E-state index >= 15 is 0 Å². The van der Waals surface area contributed by atoms with Gasteiger partial charge in [0.1, 0.15) is 0 Å². The fraction of sp³-hybridized carbons (Fsp3) is 1.00. The summed E-state index contributed by atoms with van der Waals surface area (Å²) in [5.41, 5.74) is 0. The average molecular weight is 262 g/mol. The zero-order valence-corrected chi connectivity index (χ0v) is 11.2. The summed E-state index contributed by atoms with van der Waals surface area (Å²) >= 11 is 0. The summed E-state index contributed by atoms with van der Waals surface area (Å²) in [6.45, 7) is 3.46. The van der Waals surface area contributed by atoms with E-state index in [1.54, 1.807) is 7.11 Å². The van der Waals surface area contributed by atoms with E-state index in [4.69, 9.17) is 4.74 Å². The van der Waals surface area contributed by atoms with E-state index in [2.05, 4.69) is 9.62 Å². The van der Waals surface area contributed by atoms with E-state index in [9.17, 15) is 8.42 Å². The molecule has 5 nitrogen and oxygen atoms in total. The van der Waals surface area contributed by atoms with E-state index in [1.807, 2.05) is 0 Å². The number of hydrogen-bond donors (Lipinski definition) is 1. The molecule has 0 aromatic rings. The van der Waals surface area contributed by atoms with Crippen molar-refractivity contribution in [2.24, 2.45) is 0 Å². The standard InChI is InChI=1S/C11H22N2O3S/c1-16-8-7-13-6-2-3-10(9-13)12-17(14,15)11-4-5-11/h10-12H,2-9H2,1H3. The minimum atomic E-state index is -3.04. The molecule has 0 radical (unpaired) electrons. The van der Waals surface area contributed by atoms with Gasteiger partial charge >= 0.3 is 0 Å². The molecule has 2 fully saturated rings. The summed E-state index contributed by atoms with van der Waals surface area (Å²) in [6, 6.07) is 0.0891. The van der Waals surface area contributed by atoms with Crippen LogP contribution < -0.4 is 4.72 Å². The third-order valence-electron chi connectivity index (χ3n) is 3.41. The maximum absolute atomic E-state index is 11.8. The van der Waals surface area contributed by atoms with Gasteiger partial charge in [-0.1, -0.05) is 0 Å². The molecule has 2 aliphatic rings. The molecule has 1 aliphatic heterocycles. The van der Waals surface area contributed by atoms with Crippen LogP contribution >= 0.6 is 0 Å². The maximum atomic E-state index is 11.8. The van der Waals surface area contributed by atoms with Crippen molar-refractivity contribution in [3.63, 3.8) is 0 Å². The van der Waals surface area contributed by atoms with Crippen molar-refractivity contribution in [1.82, 2.24) is 9.62 Å². The fourth-order valence-electron chi connectivity index (χ4n) is 2.28. The molecule has 1 heterocycles. The van der Waals surface area contributed by atoms with Crippen LogP contribution in [0, 0.1) is 0 Å². The van der Waals surface area contributed by atoms with E-state index in [0.717, 1.165) is 45.3 Å². The number of hydrogen-bond acceptors (Lipinski definition) is 4. The van der Waals surface area contributed by atoms with Crippen molar-refractivity contribution < 1.29 is 13.2 Å². The van der Waals surface area contributed by atoms with Gasteiger partial charge in [-0.2, -0.15) is 0 Å². The molecule has 0 spiro atoms. The summed E-state index contributed by atoms with van der Waals surface area (Å²) in [7, 11) is -1.35. The van der Waals surface area contributed by atoms with Gasteiger partial charge in [0.05, 0.1) is 11.9 Å². The van der Waals surface area contributed by atoms with Crippen LogP contribution in [-0.4, -0.2) is 58.0 Å². The van der Waals surface area contributed by atoms with E-state index in [0.29, 0.717) is 6.61 Å². The summed E-state index contributed by atoms with van der Waals surface area (Å²) in [6.07, 6.45) is 3.67. The molecule has 0 amide bonds. The molecule has 6 heteroatoms. The van der Waals surface area contributed by atoms with E-state index in [-0.39, 0.29) is 11.3 Å². The minimum absolute atomic E-state index is 0.0891. The highest BCUT2D eigenvalue weighted by Gasteiger charge is 2.37. The van der Waals surface area contributed by atoms with Gasteiger partial charge in [0.25, 0.3) is 0 Å². The first-order chi connectivity index (χ1) is 8.12. The summed E-state index contributed by atoms with van der Waals surface area (Å²) in [5, 5.41) is -0.114. The molecular formula is C11H22N2O3S. The number of rotatable bonds is 6. The van der Waals surface area contributed by atoms with Gasteiger partial charge in [-0.25, -0.2) is 13.1 Å². The molecule has 0 aromatic heterocycles. The van der Waals surface area contributed by atoms with Gasteiger partial charge in [0.2, 0.25) is 10.0 Å². The predicted molar refractivity (Wildman–Crippen MR) is 66.4 cm³/mol. The molecule has 100 valence electrons. The van der Waals surface area contributed by atoms with E-state index < -0.39 is 10.0 Å². The molecule has 1 aliphatic carbocycles. The summed E-state index contributed by atoms with van der Waals surface area (Å²) in [5.74, 6) is 0. The molecule has 1 atom stereocenters. The minimum Gasteiger partial charge on any atom is -0.383 e. The fourth-order valence-corrected chi connectivity index (χ4v) is 3.89. The Morgan fingerprint density at radius 1 is 1.35 bits per heavy atom. The Morgan fingerprint density at radius 2 is 2.12 bits per heavy atom. The lowest BCUT2D eigenvalue weighted by Crippen LogP contribution is -2.49. The second-order valence-corrected chi connectivity index (χ2v) is 6.99. The Labute approximate surface area is 104 Å². The van der Waals surface area contributed by atoms with Crippen LogP contribution in [0.15, 0.2) is 0 Å². The van der Waals surface area contributed by atoms with Gasteiger partial charge in [0.15, 0.2) is 0 Å². The molecule has 17 heavy (non-hydrogen) atoms. The molecule has 1 N–H and O–H groups in total.